The van der Waals surface area contributed by atoms with Gasteiger partial charge in [0, 0.05) is 58.0 Å². The number of halogens is 3. The van der Waals surface area contributed by atoms with Gasteiger partial charge in [-0.15, -0.1) is 10.2 Å². The van der Waals surface area contributed by atoms with Crippen LogP contribution in [0.15, 0.2) is 30.6 Å². The normalized spacial score (nSPS) is 25.3. The van der Waals surface area contributed by atoms with Gasteiger partial charge in [-0.05, 0) is 86.4 Å². The van der Waals surface area contributed by atoms with Crippen LogP contribution in [0.5, 0.6) is 5.88 Å². The Kier molecular flexibility index (Phi) is 8.98. The molecule has 2 aromatic heterocycles. The van der Waals surface area contributed by atoms with Crippen molar-refractivity contribution < 1.29 is 27.4 Å². The second-order valence-electron chi connectivity index (χ2n) is 14.8. The SMILES string of the molecule is COC1CC(c2cc(OC3CCCC3)nc(N3Cc4c(cc(CN5CCN(C)CC5C(C)C)cc4C(F)(F)F)C3=O)c2)(c2nncn2C)C1. The van der Waals surface area contributed by atoms with Crippen LogP contribution in [-0.4, -0.2) is 87.5 Å². The Morgan fingerprint density at radius 3 is 2.45 bits per heavy atom. The van der Waals surface area contributed by atoms with Gasteiger partial charge in [0.05, 0.1) is 23.6 Å². The zero-order chi connectivity index (χ0) is 34.7. The Labute approximate surface area is 285 Å². The molecule has 1 saturated heterocycles. The van der Waals surface area contributed by atoms with Crippen LogP contribution in [0.3, 0.4) is 0 Å². The smallest absolute Gasteiger partial charge is 0.416 e. The van der Waals surface area contributed by atoms with Crippen LogP contribution in [0.25, 0.3) is 0 Å². The lowest BCUT2D eigenvalue weighted by Crippen LogP contribution is -2.53. The minimum absolute atomic E-state index is 0.00597. The van der Waals surface area contributed by atoms with Crippen molar-refractivity contribution in [1.29, 1.82) is 0 Å². The maximum atomic E-state index is 14.7. The third kappa shape index (κ3) is 6.33. The number of hydrogen-bond donors (Lipinski definition) is 0. The number of benzene rings is 1. The Balaban J connectivity index is 1.27. The van der Waals surface area contributed by atoms with Crippen molar-refractivity contribution >= 4 is 11.7 Å². The first-order valence-electron chi connectivity index (χ1n) is 17.4. The number of likely N-dealkylation sites (N-methyl/N-ethyl adjacent to an activating group) is 1. The van der Waals surface area contributed by atoms with Gasteiger partial charge in [0.1, 0.15) is 24.1 Å². The Morgan fingerprint density at radius 1 is 1.04 bits per heavy atom. The molecule has 1 amide bonds. The summed E-state index contributed by atoms with van der Waals surface area (Å²) < 4.78 is 58.2. The molecule has 13 heteroatoms. The summed E-state index contributed by atoms with van der Waals surface area (Å²) in [5.74, 6) is 1.21. The minimum Gasteiger partial charge on any atom is -0.474 e. The number of alkyl halides is 3. The van der Waals surface area contributed by atoms with Gasteiger partial charge in [-0.25, -0.2) is 0 Å². The van der Waals surface area contributed by atoms with E-state index in [2.05, 4.69) is 40.9 Å². The standard InChI is InChI=1S/C36H46F3N7O3/c1-22(2)30-20-43(3)10-11-45(30)18-23-12-27-28(29(13-23)36(37,38)39)19-46(33(27)47)31-14-24(15-32(41-31)49-25-8-6-7-9-25)35(16-26(17-35)48-5)34-42-40-21-44(34)4/h12-15,21-22,25-26,30H,6-11,16-20H2,1-5H3. The molecule has 2 aliphatic heterocycles. The molecule has 0 bridgehead atoms. The monoisotopic (exact) mass is 681 g/mol. The van der Waals surface area contributed by atoms with E-state index < -0.39 is 23.1 Å². The molecule has 10 nitrogen and oxygen atoms in total. The number of carbonyl (C=O) groups is 1. The quantitative estimate of drug-likeness (QED) is 0.290. The lowest BCUT2D eigenvalue weighted by atomic mass is 9.62. The highest BCUT2D eigenvalue weighted by molar-refractivity contribution is 6.10. The molecule has 264 valence electrons. The molecule has 3 aromatic rings. The summed E-state index contributed by atoms with van der Waals surface area (Å²) in [4.78, 5) is 24.9. The highest BCUT2D eigenvalue weighted by Gasteiger charge is 2.51. The summed E-state index contributed by atoms with van der Waals surface area (Å²) >= 11 is 0. The molecule has 1 unspecified atom stereocenters. The van der Waals surface area contributed by atoms with Crippen molar-refractivity contribution in [2.24, 2.45) is 13.0 Å². The lowest BCUT2D eigenvalue weighted by Gasteiger charge is -2.46. The van der Waals surface area contributed by atoms with Gasteiger partial charge in [-0.3, -0.25) is 14.6 Å². The van der Waals surface area contributed by atoms with Gasteiger partial charge in [-0.1, -0.05) is 13.8 Å². The molecule has 4 heterocycles. The first-order chi connectivity index (χ1) is 23.4. The molecule has 1 atom stereocenters. The van der Waals surface area contributed by atoms with Crippen molar-refractivity contribution in [3.8, 4) is 5.88 Å². The van der Waals surface area contributed by atoms with E-state index in [1.54, 1.807) is 19.5 Å². The zero-order valence-electron chi connectivity index (χ0n) is 29.0. The fourth-order valence-corrected chi connectivity index (χ4v) is 8.34. The van der Waals surface area contributed by atoms with Crippen LogP contribution >= 0.6 is 0 Å². The number of hydrogen-bond acceptors (Lipinski definition) is 8. The van der Waals surface area contributed by atoms with E-state index in [0.29, 0.717) is 36.7 Å². The molecular weight excluding hydrogens is 635 g/mol. The van der Waals surface area contributed by atoms with Crippen molar-refractivity contribution in [1.82, 2.24) is 29.5 Å². The number of piperazine rings is 1. The number of anilines is 1. The maximum absolute atomic E-state index is 14.7. The largest absolute Gasteiger partial charge is 0.474 e. The number of methoxy groups -OCH3 is 1. The lowest BCUT2D eigenvalue weighted by molar-refractivity contribution is -0.138. The first kappa shape index (κ1) is 33.9. The number of pyridine rings is 1. The molecule has 2 aliphatic carbocycles. The number of aryl methyl sites for hydroxylation is 1. The summed E-state index contributed by atoms with van der Waals surface area (Å²) in [6.07, 6.45) is 2.18. The number of carbonyl (C=O) groups excluding carboxylic acids is 1. The average Bonchev–Trinajstić information content (AvgIpc) is 3.78. The number of rotatable bonds is 9. The third-order valence-corrected chi connectivity index (χ3v) is 11.1. The summed E-state index contributed by atoms with van der Waals surface area (Å²) in [5.41, 5.74) is 0.0255. The predicted octanol–water partition coefficient (Wildman–Crippen LogP) is 5.58. The average molecular weight is 682 g/mol. The van der Waals surface area contributed by atoms with Gasteiger partial charge in [0.2, 0.25) is 5.88 Å². The van der Waals surface area contributed by atoms with E-state index in [1.165, 1.54) is 11.0 Å². The van der Waals surface area contributed by atoms with Crippen molar-refractivity contribution in [3.63, 3.8) is 0 Å². The number of ether oxygens (including phenoxy) is 2. The second-order valence-corrected chi connectivity index (χ2v) is 14.8. The highest BCUT2D eigenvalue weighted by atomic mass is 19.4. The number of aromatic nitrogens is 4. The summed E-state index contributed by atoms with van der Waals surface area (Å²) in [6.45, 7) is 6.81. The van der Waals surface area contributed by atoms with Crippen molar-refractivity contribution in [3.05, 3.63) is 64.2 Å². The molecule has 0 spiro atoms. The Hall–Kier alpha value is -3.55. The zero-order valence-corrected chi connectivity index (χ0v) is 29.0. The predicted molar refractivity (Wildman–Crippen MR) is 177 cm³/mol. The van der Waals surface area contributed by atoms with E-state index in [9.17, 15) is 18.0 Å². The third-order valence-electron chi connectivity index (χ3n) is 11.1. The molecular formula is C36H46F3N7O3. The molecule has 0 radical (unpaired) electrons. The van der Waals surface area contributed by atoms with Gasteiger partial charge >= 0.3 is 6.18 Å². The van der Waals surface area contributed by atoms with Crippen molar-refractivity contribution in [2.75, 3.05) is 38.7 Å². The van der Waals surface area contributed by atoms with Crippen LogP contribution in [0.4, 0.5) is 19.0 Å². The number of amides is 1. The summed E-state index contributed by atoms with van der Waals surface area (Å²) in [7, 11) is 5.63. The molecule has 2 saturated carbocycles. The first-order valence-corrected chi connectivity index (χ1v) is 17.4. The summed E-state index contributed by atoms with van der Waals surface area (Å²) in [6, 6.07) is 6.82. The van der Waals surface area contributed by atoms with Crippen LogP contribution in [0.2, 0.25) is 0 Å². The molecule has 1 aromatic carbocycles. The number of fused-ring (bicyclic) bond motifs is 1. The van der Waals surface area contributed by atoms with Crippen molar-refractivity contribution in [2.45, 2.75) is 95.3 Å². The molecule has 49 heavy (non-hydrogen) atoms. The van der Waals surface area contributed by atoms with E-state index in [0.717, 1.165) is 56.7 Å². The fraction of sp³-hybridized carbons (Fsp3) is 0.611. The van der Waals surface area contributed by atoms with Crippen LogP contribution in [-0.2, 0) is 36.5 Å². The van der Waals surface area contributed by atoms with Crippen LogP contribution in [0.1, 0.15) is 90.8 Å². The van der Waals surface area contributed by atoms with E-state index >= 15 is 0 Å². The van der Waals surface area contributed by atoms with E-state index in [-0.39, 0.29) is 41.7 Å². The van der Waals surface area contributed by atoms with E-state index in [1.807, 2.05) is 23.7 Å². The van der Waals surface area contributed by atoms with Gasteiger partial charge < -0.3 is 18.9 Å². The van der Waals surface area contributed by atoms with Crippen LogP contribution in [0, 0.1) is 5.92 Å². The fourth-order valence-electron chi connectivity index (χ4n) is 8.34. The van der Waals surface area contributed by atoms with Gasteiger partial charge in [0.15, 0.2) is 0 Å². The molecule has 4 aliphatic rings. The Morgan fingerprint density at radius 2 is 1.80 bits per heavy atom. The Bertz CT molecular complexity index is 1700. The highest BCUT2D eigenvalue weighted by Crippen LogP contribution is 2.51. The summed E-state index contributed by atoms with van der Waals surface area (Å²) in [5, 5.41) is 8.60. The van der Waals surface area contributed by atoms with E-state index in [4.69, 9.17) is 14.5 Å². The van der Waals surface area contributed by atoms with Gasteiger partial charge in [-0.2, -0.15) is 18.2 Å². The topological polar surface area (TPSA) is 88.8 Å². The van der Waals surface area contributed by atoms with Crippen LogP contribution < -0.4 is 9.64 Å². The molecule has 3 fully saturated rings. The molecule has 0 N–H and O–H groups in total. The molecule has 7 rings (SSSR count). The maximum Gasteiger partial charge on any atom is 0.416 e. The minimum atomic E-state index is -4.63. The number of nitrogens with zero attached hydrogens (tertiary/aromatic N) is 7. The van der Waals surface area contributed by atoms with Gasteiger partial charge in [0.25, 0.3) is 5.91 Å². The second kappa shape index (κ2) is 13.0.